The number of hydrogen-bond acceptors (Lipinski definition) is 2. The van der Waals surface area contributed by atoms with Crippen LogP contribution < -0.4 is 4.74 Å². The van der Waals surface area contributed by atoms with Crippen LogP contribution in [-0.4, -0.2) is 11.1 Å². The van der Waals surface area contributed by atoms with E-state index in [-0.39, 0.29) is 6.10 Å². The van der Waals surface area contributed by atoms with Gasteiger partial charge in [-0.1, -0.05) is 19.8 Å². The highest BCUT2D eigenvalue weighted by molar-refractivity contribution is 5.18. The van der Waals surface area contributed by atoms with Gasteiger partial charge in [-0.2, -0.15) is 4.39 Å². The van der Waals surface area contributed by atoms with E-state index in [1.54, 1.807) is 6.07 Å². The summed E-state index contributed by atoms with van der Waals surface area (Å²) in [5.74, 6) is 0.903. The van der Waals surface area contributed by atoms with Crippen molar-refractivity contribution in [3.63, 3.8) is 0 Å². The fourth-order valence-corrected chi connectivity index (χ4v) is 2.37. The number of nitrogens with zero attached hydrogens (tertiary/aromatic N) is 1. The molecule has 0 spiro atoms. The zero-order valence-corrected chi connectivity index (χ0v) is 9.66. The van der Waals surface area contributed by atoms with Gasteiger partial charge in [-0.05, 0) is 31.2 Å². The van der Waals surface area contributed by atoms with Crippen molar-refractivity contribution >= 4 is 0 Å². The van der Waals surface area contributed by atoms with Crippen molar-refractivity contribution in [2.75, 3.05) is 0 Å². The third-order valence-corrected chi connectivity index (χ3v) is 3.31. The molecule has 0 amide bonds. The van der Waals surface area contributed by atoms with Crippen LogP contribution in [0.3, 0.4) is 0 Å². The maximum absolute atomic E-state index is 12.9. The molecule has 1 aliphatic carbocycles. The van der Waals surface area contributed by atoms with Gasteiger partial charge >= 0.3 is 0 Å². The number of halogens is 1. The van der Waals surface area contributed by atoms with Crippen LogP contribution in [0.4, 0.5) is 4.39 Å². The topological polar surface area (TPSA) is 22.1 Å². The largest absolute Gasteiger partial charge is 0.490 e. The molecule has 2 atom stereocenters. The zero-order valence-electron chi connectivity index (χ0n) is 9.66. The van der Waals surface area contributed by atoms with Gasteiger partial charge in [-0.25, -0.2) is 4.98 Å². The summed E-state index contributed by atoms with van der Waals surface area (Å²) >= 11 is 0. The lowest BCUT2D eigenvalue weighted by atomic mass is 9.85. The molecular formula is C13H18FNO. The fourth-order valence-electron chi connectivity index (χ4n) is 2.37. The third kappa shape index (κ3) is 2.94. The van der Waals surface area contributed by atoms with Crippen molar-refractivity contribution in [2.24, 2.45) is 5.92 Å². The molecule has 2 nitrogen and oxygen atoms in total. The number of aromatic nitrogens is 1. The monoisotopic (exact) mass is 223 g/mol. The summed E-state index contributed by atoms with van der Waals surface area (Å²) in [5, 5.41) is 0. The molecule has 0 bridgehead atoms. The lowest BCUT2D eigenvalue weighted by Crippen LogP contribution is -2.25. The molecule has 0 radical (unpaired) electrons. The van der Waals surface area contributed by atoms with Crippen molar-refractivity contribution in [3.05, 3.63) is 24.3 Å². The van der Waals surface area contributed by atoms with Gasteiger partial charge < -0.3 is 4.74 Å². The lowest BCUT2D eigenvalue weighted by Gasteiger charge is -2.28. The van der Waals surface area contributed by atoms with Gasteiger partial charge in [0.25, 0.3) is 0 Å². The average Bonchev–Trinajstić information content (AvgIpc) is 2.29. The molecule has 3 heteroatoms. The third-order valence-electron chi connectivity index (χ3n) is 3.31. The van der Waals surface area contributed by atoms with E-state index in [2.05, 4.69) is 11.9 Å². The summed E-state index contributed by atoms with van der Waals surface area (Å²) in [7, 11) is 0. The normalized spacial score (nSPS) is 25.4. The van der Waals surface area contributed by atoms with E-state index in [4.69, 9.17) is 4.74 Å². The standard InChI is InChI=1S/C13H18FNO/c1-2-10-4-3-5-11(8-10)16-12-6-7-15-13(14)9-12/h6-7,9-11H,2-5,8H2,1H3. The summed E-state index contributed by atoms with van der Waals surface area (Å²) in [4.78, 5) is 3.52. The number of ether oxygens (including phenoxy) is 1. The molecule has 0 aromatic carbocycles. The zero-order chi connectivity index (χ0) is 11.4. The van der Waals surface area contributed by atoms with Crippen LogP contribution in [0.25, 0.3) is 0 Å². The summed E-state index contributed by atoms with van der Waals surface area (Å²) in [6.07, 6.45) is 7.62. The highest BCUT2D eigenvalue weighted by Gasteiger charge is 2.22. The Balaban J connectivity index is 1.94. The van der Waals surface area contributed by atoms with Gasteiger partial charge in [0.2, 0.25) is 5.95 Å². The molecule has 1 aliphatic rings. The van der Waals surface area contributed by atoms with Crippen LogP contribution in [0.15, 0.2) is 18.3 Å². The predicted octanol–water partition coefficient (Wildman–Crippen LogP) is 3.57. The van der Waals surface area contributed by atoms with Gasteiger partial charge in [0.05, 0.1) is 6.10 Å². The number of rotatable bonds is 3. The number of pyridine rings is 1. The average molecular weight is 223 g/mol. The van der Waals surface area contributed by atoms with E-state index >= 15 is 0 Å². The maximum Gasteiger partial charge on any atom is 0.216 e. The first-order valence-electron chi connectivity index (χ1n) is 6.06. The summed E-state index contributed by atoms with van der Waals surface area (Å²) in [6.45, 7) is 2.22. The van der Waals surface area contributed by atoms with Crippen LogP contribution in [0.5, 0.6) is 5.75 Å². The molecule has 2 unspecified atom stereocenters. The Hall–Kier alpha value is -1.12. The van der Waals surface area contributed by atoms with E-state index in [0.29, 0.717) is 5.75 Å². The van der Waals surface area contributed by atoms with Gasteiger partial charge in [0, 0.05) is 12.3 Å². The minimum Gasteiger partial charge on any atom is -0.490 e. The smallest absolute Gasteiger partial charge is 0.216 e. The second-order valence-corrected chi connectivity index (χ2v) is 4.50. The quantitative estimate of drug-likeness (QED) is 0.731. The van der Waals surface area contributed by atoms with Crippen LogP contribution >= 0.6 is 0 Å². The Morgan fingerprint density at radius 2 is 2.38 bits per heavy atom. The second-order valence-electron chi connectivity index (χ2n) is 4.50. The Morgan fingerprint density at radius 1 is 1.50 bits per heavy atom. The minimum absolute atomic E-state index is 0.250. The maximum atomic E-state index is 12.9. The van der Waals surface area contributed by atoms with Crippen molar-refractivity contribution in [1.82, 2.24) is 4.98 Å². The number of hydrogen-bond donors (Lipinski definition) is 0. The van der Waals surface area contributed by atoms with Crippen molar-refractivity contribution in [1.29, 1.82) is 0 Å². The second kappa shape index (κ2) is 5.28. The van der Waals surface area contributed by atoms with Gasteiger partial charge in [0.15, 0.2) is 0 Å². The van der Waals surface area contributed by atoms with Gasteiger partial charge in [0.1, 0.15) is 5.75 Å². The highest BCUT2D eigenvalue weighted by Crippen LogP contribution is 2.29. The first kappa shape index (κ1) is 11.4. The van der Waals surface area contributed by atoms with Crippen molar-refractivity contribution in [3.8, 4) is 5.75 Å². The fraction of sp³-hybridized carbons (Fsp3) is 0.615. The molecule has 1 aromatic heterocycles. The van der Waals surface area contributed by atoms with Crippen molar-refractivity contribution in [2.45, 2.75) is 45.1 Å². The predicted molar refractivity (Wildman–Crippen MR) is 60.9 cm³/mol. The van der Waals surface area contributed by atoms with E-state index in [1.807, 2.05) is 0 Å². The summed E-state index contributed by atoms with van der Waals surface area (Å²) < 4.78 is 18.7. The first-order chi connectivity index (χ1) is 7.78. The highest BCUT2D eigenvalue weighted by atomic mass is 19.1. The summed E-state index contributed by atoms with van der Waals surface area (Å²) in [5.41, 5.74) is 0. The van der Waals surface area contributed by atoms with Gasteiger partial charge in [-0.15, -0.1) is 0 Å². The molecule has 0 N–H and O–H groups in total. The van der Waals surface area contributed by atoms with E-state index < -0.39 is 5.95 Å². The SMILES string of the molecule is CCC1CCCC(Oc2ccnc(F)c2)C1. The van der Waals surface area contributed by atoms with Crippen LogP contribution in [0, 0.1) is 11.9 Å². The molecule has 2 rings (SSSR count). The molecule has 88 valence electrons. The van der Waals surface area contributed by atoms with Crippen LogP contribution in [0.2, 0.25) is 0 Å². The minimum atomic E-state index is -0.472. The lowest BCUT2D eigenvalue weighted by molar-refractivity contribution is 0.121. The molecule has 0 saturated heterocycles. The molecule has 1 saturated carbocycles. The van der Waals surface area contributed by atoms with E-state index in [9.17, 15) is 4.39 Å². The van der Waals surface area contributed by atoms with E-state index in [0.717, 1.165) is 18.8 Å². The van der Waals surface area contributed by atoms with Gasteiger partial charge in [-0.3, -0.25) is 0 Å². The van der Waals surface area contributed by atoms with Crippen molar-refractivity contribution < 1.29 is 9.13 Å². The molecule has 0 aliphatic heterocycles. The summed E-state index contributed by atoms with van der Waals surface area (Å²) in [6, 6.07) is 3.08. The Bertz CT molecular complexity index is 342. The molecule has 16 heavy (non-hydrogen) atoms. The first-order valence-corrected chi connectivity index (χ1v) is 6.06. The molecular weight excluding hydrogens is 205 g/mol. The molecule has 1 aromatic rings. The molecule has 1 heterocycles. The Kier molecular flexibility index (Phi) is 3.75. The molecule has 1 fully saturated rings. The Morgan fingerprint density at radius 3 is 3.12 bits per heavy atom. The Labute approximate surface area is 95.8 Å². The van der Waals surface area contributed by atoms with Crippen LogP contribution in [-0.2, 0) is 0 Å². The van der Waals surface area contributed by atoms with Crippen LogP contribution in [0.1, 0.15) is 39.0 Å². The van der Waals surface area contributed by atoms with E-state index in [1.165, 1.54) is 31.5 Å².